The molecular formula is C18H22ClN5O3. The highest BCUT2D eigenvalue weighted by atomic mass is 35.5. The monoisotopic (exact) mass is 391 g/mol. The molecule has 2 amide bonds. The Kier molecular flexibility index (Phi) is 4.67. The molecule has 0 bridgehead atoms. The van der Waals surface area contributed by atoms with Gasteiger partial charge in [0.25, 0.3) is 0 Å². The Balaban J connectivity index is 1.63. The first-order chi connectivity index (χ1) is 13.0. The van der Waals surface area contributed by atoms with Crippen LogP contribution in [-0.4, -0.2) is 56.1 Å². The Morgan fingerprint density at radius 2 is 1.70 bits per heavy atom. The Labute approximate surface area is 161 Å². The maximum absolute atomic E-state index is 12.7. The number of urea groups is 1. The van der Waals surface area contributed by atoms with Gasteiger partial charge in [0.15, 0.2) is 5.65 Å². The van der Waals surface area contributed by atoms with Gasteiger partial charge in [0.05, 0.1) is 10.5 Å². The molecule has 2 aromatic rings. The van der Waals surface area contributed by atoms with Crippen molar-refractivity contribution in [2.24, 2.45) is 7.05 Å². The second kappa shape index (κ2) is 6.99. The molecule has 0 saturated carbocycles. The Hall–Kier alpha value is -2.35. The van der Waals surface area contributed by atoms with Gasteiger partial charge in [-0.2, -0.15) is 0 Å². The van der Waals surface area contributed by atoms with Crippen LogP contribution in [-0.2, 0) is 7.05 Å². The average molecular weight is 392 g/mol. The van der Waals surface area contributed by atoms with Gasteiger partial charge >= 0.3 is 17.1 Å². The van der Waals surface area contributed by atoms with Crippen LogP contribution in [0.25, 0.3) is 11.2 Å². The minimum absolute atomic E-state index is 0.0806. The molecule has 2 aromatic heterocycles. The summed E-state index contributed by atoms with van der Waals surface area (Å²) >= 11 is 6.02. The minimum Gasteiger partial charge on any atom is -0.325 e. The van der Waals surface area contributed by atoms with E-state index in [0.717, 1.165) is 25.9 Å². The number of amides is 2. The molecule has 144 valence electrons. The summed E-state index contributed by atoms with van der Waals surface area (Å²) in [4.78, 5) is 45.7. The number of pyridine rings is 1. The van der Waals surface area contributed by atoms with Crippen molar-refractivity contribution in [2.75, 3.05) is 26.2 Å². The van der Waals surface area contributed by atoms with E-state index in [9.17, 15) is 14.4 Å². The molecular weight excluding hydrogens is 370 g/mol. The van der Waals surface area contributed by atoms with E-state index < -0.39 is 11.1 Å². The third kappa shape index (κ3) is 3.12. The van der Waals surface area contributed by atoms with Crippen LogP contribution in [0.2, 0.25) is 5.02 Å². The number of nitrogens with zero attached hydrogens (tertiary/aromatic N) is 5. The van der Waals surface area contributed by atoms with Crippen LogP contribution >= 0.6 is 11.6 Å². The quantitative estimate of drug-likeness (QED) is 0.691. The summed E-state index contributed by atoms with van der Waals surface area (Å²) in [5, 5.41) is 0.411. The fourth-order valence-electron chi connectivity index (χ4n) is 4.07. The van der Waals surface area contributed by atoms with E-state index in [-0.39, 0.29) is 12.1 Å². The van der Waals surface area contributed by atoms with Crippen molar-refractivity contribution in [2.45, 2.75) is 31.7 Å². The smallest absolute Gasteiger partial charge is 0.319 e. The van der Waals surface area contributed by atoms with Crippen LogP contribution in [0.3, 0.4) is 0 Å². The average Bonchev–Trinajstić information content (AvgIpc) is 3.22. The highest BCUT2D eigenvalue weighted by Gasteiger charge is 2.30. The predicted octanol–water partition coefficient (Wildman–Crippen LogP) is 1.60. The van der Waals surface area contributed by atoms with E-state index in [2.05, 4.69) is 4.98 Å². The first-order valence-electron chi connectivity index (χ1n) is 9.28. The van der Waals surface area contributed by atoms with Gasteiger partial charge in [-0.05, 0) is 31.7 Å². The van der Waals surface area contributed by atoms with Gasteiger partial charge in [-0.25, -0.2) is 9.78 Å². The molecule has 2 aliphatic heterocycles. The fourth-order valence-corrected chi connectivity index (χ4v) is 4.22. The molecule has 4 heterocycles. The second-order valence-corrected chi connectivity index (χ2v) is 7.67. The van der Waals surface area contributed by atoms with E-state index in [1.165, 1.54) is 15.3 Å². The number of fused-ring (bicyclic) bond motifs is 1. The summed E-state index contributed by atoms with van der Waals surface area (Å²) in [5.74, 6) is 0. The van der Waals surface area contributed by atoms with Gasteiger partial charge in [-0.3, -0.25) is 14.2 Å². The maximum Gasteiger partial charge on any atom is 0.319 e. The summed E-state index contributed by atoms with van der Waals surface area (Å²) in [6.45, 7) is 2.78. The van der Waals surface area contributed by atoms with E-state index in [4.69, 9.17) is 11.6 Å². The molecule has 0 N–H and O–H groups in total. The molecule has 27 heavy (non-hydrogen) atoms. The number of hydrogen-bond acceptors (Lipinski definition) is 4. The zero-order valence-corrected chi connectivity index (χ0v) is 16.0. The van der Waals surface area contributed by atoms with Crippen molar-refractivity contribution in [3.63, 3.8) is 0 Å². The third-order valence-corrected chi connectivity index (χ3v) is 5.79. The number of aromatic nitrogens is 3. The number of piperidine rings is 1. The Morgan fingerprint density at radius 3 is 2.37 bits per heavy atom. The van der Waals surface area contributed by atoms with E-state index >= 15 is 0 Å². The number of aryl methyl sites for hydroxylation is 1. The zero-order valence-electron chi connectivity index (χ0n) is 15.2. The normalized spacial score (nSPS) is 18.4. The molecule has 4 rings (SSSR count). The van der Waals surface area contributed by atoms with Crippen LogP contribution in [0.4, 0.5) is 4.79 Å². The van der Waals surface area contributed by atoms with Crippen LogP contribution in [0.1, 0.15) is 31.7 Å². The molecule has 0 radical (unpaired) electrons. The lowest BCUT2D eigenvalue weighted by atomic mass is 10.0. The predicted molar refractivity (Wildman–Crippen MR) is 102 cm³/mol. The number of hydrogen-bond donors (Lipinski definition) is 0. The zero-order chi connectivity index (χ0) is 19.1. The maximum atomic E-state index is 12.7. The van der Waals surface area contributed by atoms with Crippen molar-refractivity contribution in [1.82, 2.24) is 23.9 Å². The van der Waals surface area contributed by atoms with Crippen LogP contribution in [0.5, 0.6) is 0 Å². The standard InChI is InChI=1S/C18H22ClN5O3/c1-21-14-10-12(19)11-20-15(14)24(17(26)16(21)25)13-4-8-23(9-5-13)18(27)22-6-2-3-7-22/h10-11,13H,2-9H2,1H3. The molecule has 0 unspecified atom stereocenters. The summed E-state index contributed by atoms with van der Waals surface area (Å²) in [7, 11) is 1.55. The number of rotatable bonds is 1. The highest BCUT2D eigenvalue weighted by molar-refractivity contribution is 6.31. The first kappa shape index (κ1) is 18.0. The number of carbonyl (C=O) groups excluding carboxylic acids is 1. The Bertz CT molecular complexity index is 1000. The van der Waals surface area contributed by atoms with Gasteiger partial charge in [-0.1, -0.05) is 11.6 Å². The van der Waals surface area contributed by atoms with Gasteiger partial charge in [0.2, 0.25) is 0 Å². The largest absolute Gasteiger partial charge is 0.325 e. The van der Waals surface area contributed by atoms with Crippen molar-refractivity contribution < 1.29 is 4.79 Å². The molecule has 9 heteroatoms. The Morgan fingerprint density at radius 1 is 1.07 bits per heavy atom. The van der Waals surface area contributed by atoms with E-state index in [1.54, 1.807) is 13.1 Å². The fraction of sp³-hybridized carbons (Fsp3) is 0.556. The SMILES string of the molecule is Cn1c(=O)c(=O)n(C2CCN(C(=O)N3CCCC3)CC2)c2ncc(Cl)cc21. The molecule has 0 atom stereocenters. The lowest BCUT2D eigenvalue weighted by molar-refractivity contribution is 0.141. The third-order valence-electron chi connectivity index (χ3n) is 5.59. The number of halogens is 1. The molecule has 8 nitrogen and oxygen atoms in total. The first-order valence-corrected chi connectivity index (χ1v) is 9.66. The second-order valence-electron chi connectivity index (χ2n) is 7.23. The van der Waals surface area contributed by atoms with Crippen molar-refractivity contribution in [3.05, 3.63) is 38.0 Å². The summed E-state index contributed by atoms with van der Waals surface area (Å²) in [5.41, 5.74) is -0.190. The van der Waals surface area contributed by atoms with Crippen LogP contribution < -0.4 is 11.1 Å². The molecule has 0 aliphatic carbocycles. The van der Waals surface area contributed by atoms with Crippen LogP contribution in [0.15, 0.2) is 21.9 Å². The summed E-state index contributed by atoms with van der Waals surface area (Å²) in [6.07, 6.45) is 4.84. The van der Waals surface area contributed by atoms with E-state index in [0.29, 0.717) is 42.1 Å². The van der Waals surface area contributed by atoms with Gasteiger partial charge < -0.3 is 14.4 Å². The van der Waals surface area contributed by atoms with Gasteiger partial charge in [0.1, 0.15) is 0 Å². The highest BCUT2D eigenvalue weighted by Crippen LogP contribution is 2.25. The lowest BCUT2D eigenvalue weighted by Crippen LogP contribution is -2.48. The number of carbonyl (C=O) groups is 1. The van der Waals surface area contributed by atoms with Gasteiger partial charge in [0, 0.05) is 45.5 Å². The van der Waals surface area contributed by atoms with Crippen molar-refractivity contribution in [1.29, 1.82) is 0 Å². The molecule has 0 spiro atoms. The minimum atomic E-state index is -0.595. The van der Waals surface area contributed by atoms with Gasteiger partial charge in [-0.15, -0.1) is 0 Å². The molecule has 2 fully saturated rings. The molecule has 2 saturated heterocycles. The molecule has 0 aromatic carbocycles. The number of likely N-dealkylation sites (tertiary alicyclic amines) is 2. The van der Waals surface area contributed by atoms with E-state index in [1.807, 2.05) is 9.80 Å². The van der Waals surface area contributed by atoms with Crippen molar-refractivity contribution in [3.8, 4) is 0 Å². The lowest BCUT2D eigenvalue weighted by Gasteiger charge is -2.35. The van der Waals surface area contributed by atoms with Crippen LogP contribution in [0, 0.1) is 0 Å². The summed E-state index contributed by atoms with van der Waals surface area (Å²) in [6, 6.07) is 1.56. The summed E-state index contributed by atoms with van der Waals surface area (Å²) < 4.78 is 2.78. The topological polar surface area (TPSA) is 80.4 Å². The van der Waals surface area contributed by atoms with Crippen molar-refractivity contribution >= 4 is 28.8 Å². The molecule has 2 aliphatic rings.